The van der Waals surface area contributed by atoms with Crippen LogP contribution in [0, 0.1) is 5.41 Å². The lowest BCUT2D eigenvalue weighted by Gasteiger charge is -2.37. The zero-order valence-corrected chi connectivity index (χ0v) is 21.7. The van der Waals surface area contributed by atoms with Crippen LogP contribution >= 0.6 is 0 Å². The number of nitrogens with zero attached hydrogens (tertiary/aromatic N) is 4. The van der Waals surface area contributed by atoms with Gasteiger partial charge in [0.2, 0.25) is 5.88 Å². The third kappa shape index (κ3) is 4.13. The largest absolute Gasteiger partial charge is 0.497 e. The van der Waals surface area contributed by atoms with Crippen LogP contribution in [0.25, 0.3) is 5.65 Å². The summed E-state index contributed by atoms with van der Waals surface area (Å²) in [4.78, 5) is 23.0. The third-order valence-corrected chi connectivity index (χ3v) is 6.98. The first kappa shape index (κ1) is 24.0. The standard InChI is InChI=1S/C29H28N4O5/c1-29(2)13-19(34)25-22(14-29)38-28-26(24(25)17-9-11-18(35-3)12-10-17)27-31-23(32-33(27)16-30-28)15-37-21-8-6-5-7-20(21)36-4/h5-12,16,24H,13-15H2,1-4H3. The molecule has 194 valence electrons. The number of allylic oxidation sites excluding steroid dienone is 2. The van der Waals surface area contributed by atoms with E-state index in [0.29, 0.717) is 58.6 Å². The maximum atomic E-state index is 13.6. The quantitative estimate of drug-likeness (QED) is 0.360. The molecule has 2 aromatic carbocycles. The molecule has 38 heavy (non-hydrogen) atoms. The van der Waals surface area contributed by atoms with Gasteiger partial charge in [0.05, 0.1) is 19.8 Å². The van der Waals surface area contributed by atoms with Gasteiger partial charge in [-0.05, 0) is 35.2 Å². The topological polar surface area (TPSA) is 97.1 Å². The molecule has 1 atom stereocenters. The molecule has 1 aliphatic carbocycles. The number of benzene rings is 2. The monoisotopic (exact) mass is 512 g/mol. The Labute approximate surface area is 220 Å². The highest BCUT2D eigenvalue weighted by Crippen LogP contribution is 2.50. The summed E-state index contributed by atoms with van der Waals surface area (Å²) in [5.41, 5.74) is 2.67. The molecule has 1 unspecified atom stereocenters. The Morgan fingerprint density at radius 2 is 1.79 bits per heavy atom. The normalized spacial score (nSPS) is 18.0. The lowest BCUT2D eigenvalue weighted by Crippen LogP contribution is -2.33. The molecule has 0 spiro atoms. The zero-order chi connectivity index (χ0) is 26.4. The number of ketones is 1. The molecule has 9 heteroatoms. The molecule has 0 saturated carbocycles. The minimum absolute atomic E-state index is 0.0731. The highest BCUT2D eigenvalue weighted by molar-refractivity contribution is 6.00. The fourth-order valence-electron chi connectivity index (χ4n) is 5.26. The third-order valence-electron chi connectivity index (χ3n) is 6.98. The van der Waals surface area contributed by atoms with Gasteiger partial charge in [0, 0.05) is 24.3 Å². The summed E-state index contributed by atoms with van der Waals surface area (Å²) in [7, 11) is 3.23. The molecule has 0 N–H and O–H groups in total. The summed E-state index contributed by atoms with van der Waals surface area (Å²) in [5.74, 6) is 3.22. The van der Waals surface area contributed by atoms with E-state index >= 15 is 0 Å². The van der Waals surface area contributed by atoms with Crippen LogP contribution in [0.2, 0.25) is 0 Å². The van der Waals surface area contributed by atoms with E-state index in [9.17, 15) is 4.79 Å². The number of Topliss-reactive ketones (excluding diaryl/α,β-unsaturated/α-hetero) is 1. The number of hydrogen-bond donors (Lipinski definition) is 0. The molecule has 4 aromatic rings. The lowest BCUT2D eigenvalue weighted by molar-refractivity contribution is -0.118. The Kier molecular flexibility index (Phi) is 5.78. The molecule has 0 saturated heterocycles. The van der Waals surface area contributed by atoms with Gasteiger partial charge in [-0.3, -0.25) is 4.79 Å². The van der Waals surface area contributed by atoms with Crippen molar-refractivity contribution in [1.82, 2.24) is 19.6 Å². The molecular formula is C29H28N4O5. The Morgan fingerprint density at radius 1 is 1.03 bits per heavy atom. The maximum absolute atomic E-state index is 13.6. The van der Waals surface area contributed by atoms with Gasteiger partial charge < -0.3 is 18.9 Å². The fraction of sp³-hybridized carbons (Fsp3) is 0.310. The summed E-state index contributed by atoms with van der Waals surface area (Å²) in [6.07, 6.45) is 2.68. The number of fused-ring (bicyclic) bond motifs is 3. The zero-order valence-electron chi connectivity index (χ0n) is 21.7. The SMILES string of the molecule is COc1ccc(C2C3=C(CC(C)(C)CC3=O)Oc3ncn4nc(COc5ccccc5OC)nc4c32)cc1. The molecule has 0 fully saturated rings. The van der Waals surface area contributed by atoms with Crippen molar-refractivity contribution in [2.45, 2.75) is 39.2 Å². The van der Waals surface area contributed by atoms with Gasteiger partial charge in [0.25, 0.3) is 0 Å². The fourth-order valence-corrected chi connectivity index (χ4v) is 5.26. The number of methoxy groups -OCH3 is 2. The predicted molar refractivity (Wildman–Crippen MR) is 139 cm³/mol. The molecule has 0 bridgehead atoms. The molecule has 0 amide bonds. The van der Waals surface area contributed by atoms with Crippen LogP contribution in [-0.2, 0) is 11.4 Å². The summed E-state index contributed by atoms with van der Waals surface area (Å²) >= 11 is 0. The average molecular weight is 513 g/mol. The smallest absolute Gasteiger partial charge is 0.228 e. The van der Waals surface area contributed by atoms with Crippen LogP contribution in [0.3, 0.4) is 0 Å². The minimum atomic E-state index is -0.397. The average Bonchev–Trinajstić information content (AvgIpc) is 3.33. The minimum Gasteiger partial charge on any atom is -0.497 e. The highest BCUT2D eigenvalue weighted by Gasteiger charge is 2.44. The first-order chi connectivity index (χ1) is 18.4. The van der Waals surface area contributed by atoms with Gasteiger partial charge in [0.15, 0.2) is 28.8 Å². The highest BCUT2D eigenvalue weighted by atomic mass is 16.5. The van der Waals surface area contributed by atoms with Crippen LogP contribution in [0.1, 0.15) is 49.6 Å². The number of rotatable bonds is 6. The van der Waals surface area contributed by atoms with Crippen molar-refractivity contribution in [3.05, 3.63) is 83.1 Å². The van der Waals surface area contributed by atoms with E-state index in [4.69, 9.17) is 23.9 Å². The van der Waals surface area contributed by atoms with Crippen molar-refractivity contribution >= 4 is 11.4 Å². The summed E-state index contributed by atoms with van der Waals surface area (Å²) in [6.45, 7) is 4.30. The van der Waals surface area contributed by atoms with Crippen molar-refractivity contribution in [2.75, 3.05) is 14.2 Å². The van der Waals surface area contributed by atoms with Crippen molar-refractivity contribution in [3.63, 3.8) is 0 Å². The number of ether oxygens (including phenoxy) is 4. The second-order valence-corrected chi connectivity index (χ2v) is 10.3. The van der Waals surface area contributed by atoms with Crippen molar-refractivity contribution in [3.8, 4) is 23.1 Å². The molecule has 1 aliphatic heterocycles. The lowest BCUT2D eigenvalue weighted by atomic mass is 9.70. The molecule has 6 rings (SSSR count). The van der Waals surface area contributed by atoms with Crippen molar-refractivity contribution < 1.29 is 23.7 Å². The van der Waals surface area contributed by atoms with Gasteiger partial charge in [-0.1, -0.05) is 38.1 Å². The van der Waals surface area contributed by atoms with Gasteiger partial charge in [-0.2, -0.15) is 0 Å². The van der Waals surface area contributed by atoms with Crippen LogP contribution in [0.5, 0.6) is 23.1 Å². The molecule has 2 aromatic heterocycles. The van der Waals surface area contributed by atoms with Crippen molar-refractivity contribution in [1.29, 1.82) is 0 Å². The molecule has 2 aliphatic rings. The van der Waals surface area contributed by atoms with Crippen molar-refractivity contribution in [2.24, 2.45) is 5.41 Å². The number of hydrogen-bond acceptors (Lipinski definition) is 8. The number of para-hydroxylation sites is 2. The number of carbonyl (C=O) groups is 1. The van der Waals surface area contributed by atoms with E-state index in [0.717, 1.165) is 11.3 Å². The summed E-state index contributed by atoms with van der Waals surface area (Å²) < 4.78 is 24.6. The van der Waals surface area contributed by atoms with Crippen LogP contribution in [0.15, 0.2) is 66.2 Å². The molecule has 0 radical (unpaired) electrons. The maximum Gasteiger partial charge on any atom is 0.228 e. The van der Waals surface area contributed by atoms with Gasteiger partial charge in [-0.15, -0.1) is 5.10 Å². The van der Waals surface area contributed by atoms with Crippen LogP contribution < -0.4 is 18.9 Å². The first-order valence-corrected chi connectivity index (χ1v) is 12.4. The predicted octanol–water partition coefficient (Wildman–Crippen LogP) is 4.89. The van der Waals surface area contributed by atoms with E-state index in [2.05, 4.69) is 23.9 Å². The van der Waals surface area contributed by atoms with Crippen LogP contribution in [0.4, 0.5) is 0 Å². The molecule has 9 nitrogen and oxygen atoms in total. The second kappa shape index (κ2) is 9.16. The Morgan fingerprint density at radius 3 is 2.53 bits per heavy atom. The van der Waals surface area contributed by atoms with E-state index < -0.39 is 5.92 Å². The van der Waals surface area contributed by atoms with Gasteiger partial charge >= 0.3 is 0 Å². The summed E-state index contributed by atoms with van der Waals surface area (Å²) in [6, 6.07) is 15.1. The Bertz CT molecular complexity index is 1570. The summed E-state index contributed by atoms with van der Waals surface area (Å²) in [5, 5.41) is 4.59. The van der Waals surface area contributed by atoms with Gasteiger partial charge in [0.1, 0.15) is 24.4 Å². The second-order valence-electron chi connectivity index (χ2n) is 10.3. The van der Waals surface area contributed by atoms with E-state index in [1.807, 2.05) is 48.5 Å². The van der Waals surface area contributed by atoms with E-state index in [-0.39, 0.29) is 17.8 Å². The number of carbonyl (C=O) groups excluding carboxylic acids is 1. The van der Waals surface area contributed by atoms with Crippen LogP contribution in [-0.4, -0.2) is 39.6 Å². The molecular weight excluding hydrogens is 484 g/mol. The molecule has 3 heterocycles. The Hall–Kier alpha value is -4.40. The number of aromatic nitrogens is 4. The van der Waals surface area contributed by atoms with Gasteiger partial charge in [-0.25, -0.2) is 14.5 Å². The van der Waals surface area contributed by atoms with E-state index in [1.165, 1.54) is 0 Å². The Balaban J connectivity index is 1.45. The first-order valence-electron chi connectivity index (χ1n) is 12.4. The van der Waals surface area contributed by atoms with E-state index in [1.54, 1.807) is 25.1 Å².